The zero-order valence-corrected chi connectivity index (χ0v) is 4.33. The van der Waals surface area contributed by atoms with Gasteiger partial charge in [-0.05, 0) is 0 Å². The molecular weight excluding hydrogens is 102 g/mol. The topological polar surface area (TPSA) is 37.1 Å². The molecule has 0 aromatic carbocycles. The monoisotopic (exact) mass is 107 g/mol. The Morgan fingerprint density at radius 2 is 2.50 bits per heavy atom. The molecule has 2 heterocycles. The normalized spacial score (nSPS) is 23.0. The van der Waals surface area contributed by atoms with Gasteiger partial charge in [-0.15, -0.1) is 0 Å². The maximum atomic E-state index is 4.13. The molecule has 8 heavy (non-hydrogen) atoms. The van der Waals surface area contributed by atoms with Crippen molar-refractivity contribution in [1.82, 2.24) is 0 Å². The first-order valence-electron chi connectivity index (χ1n) is 2.61. The Labute approximate surface area is 46.8 Å². The Kier molecular flexibility index (Phi) is 0.614. The Hall–Kier alpha value is -0.990. The van der Waals surface area contributed by atoms with E-state index in [2.05, 4.69) is 15.2 Å². The standard InChI is InChI=1S/C5H5N3/c1-2-6-5-3-7-8-4(1)5/h3H,1-2H2. The van der Waals surface area contributed by atoms with Crippen LogP contribution in [0.2, 0.25) is 0 Å². The predicted molar refractivity (Wildman–Crippen MR) is 32.8 cm³/mol. The highest BCUT2D eigenvalue weighted by atomic mass is 15.2. The quantitative estimate of drug-likeness (QED) is 0.426. The molecule has 0 aromatic heterocycles. The van der Waals surface area contributed by atoms with Crippen LogP contribution in [-0.4, -0.2) is 24.2 Å². The summed E-state index contributed by atoms with van der Waals surface area (Å²) >= 11 is 0. The molecule has 3 nitrogen and oxygen atoms in total. The average molecular weight is 107 g/mol. The van der Waals surface area contributed by atoms with Crippen LogP contribution in [0.1, 0.15) is 6.42 Å². The van der Waals surface area contributed by atoms with E-state index in [0.717, 1.165) is 24.4 Å². The Balaban J connectivity index is 2.49. The second-order valence-electron chi connectivity index (χ2n) is 1.81. The van der Waals surface area contributed by atoms with E-state index in [9.17, 15) is 0 Å². The summed E-state index contributed by atoms with van der Waals surface area (Å²) in [7, 11) is 0. The van der Waals surface area contributed by atoms with E-state index >= 15 is 0 Å². The van der Waals surface area contributed by atoms with Gasteiger partial charge in [-0.3, -0.25) is 4.99 Å². The molecule has 2 rings (SSSR count). The molecule has 0 aliphatic carbocycles. The van der Waals surface area contributed by atoms with Crippen LogP contribution in [0, 0.1) is 0 Å². The Morgan fingerprint density at radius 3 is 3.38 bits per heavy atom. The number of nitrogens with zero attached hydrogens (tertiary/aromatic N) is 3. The van der Waals surface area contributed by atoms with E-state index in [-0.39, 0.29) is 0 Å². The summed E-state index contributed by atoms with van der Waals surface area (Å²) in [5.74, 6) is 0. The van der Waals surface area contributed by atoms with E-state index < -0.39 is 0 Å². The summed E-state index contributed by atoms with van der Waals surface area (Å²) in [6, 6.07) is 0. The van der Waals surface area contributed by atoms with Gasteiger partial charge in [-0.1, -0.05) is 0 Å². The molecular formula is C5H5N3. The molecule has 0 amide bonds. The van der Waals surface area contributed by atoms with Crippen molar-refractivity contribution >= 4 is 17.6 Å². The van der Waals surface area contributed by atoms with Crippen LogP contribution in [0.5, 0.6) is 0 Å². The Bertz CT molecular complexity index is 200. The summed E-state index contributed by atoms with van der Waals surface area (Å²) in [5, 5.41) is 7.55. The highest BCUT2D eigenvalue weighted by Crippen LogP contribution is 2.04. The van der Waals surface area contributed by atoms with Gasteiger partial charge >= 0.3 is 0 Å². The van der Waals surface area contributed by atoms with Gasteiger partial charge in [-0.25, -0.2) is 0 Å². The summed E-state index contributed by atoms with van der Waals surface area (Å²) in [5.41, 5.74) is 2.05. The lowest BCUT2D eigenvalue weighted by Crippen LogP contribution is -2.03. The van der Waals surface area contributed by atoms with Crippen molar-refractivity contribution in [2.24, 2.45) is 15.2 Å². The summed E-state index contributed by atoms with van der Waals surface area (Å²) in [6.45, 7) is 0.903. The molecule has 0 fully saturated rings. The fourth-order valence-corrected chi connectivity index (χ4v) is 0.871. The van der Waals surface area contributed by atoms with Gasteiger partial charge in [0.15, 0.2) is 0 Å². The third-order valence-electron chi connectivity index (χ3n) is 1.28. The first-order chi connectivity index (χ1) is 3.97. The zero-order valence-electron chi connectivity index (χ0n) is 4.33. The Morgan fingerprint density at radius 1 is 1.50 bits per heavy atom. The van der Waals surface area contributed by atoms with Gasteiger partial charge in [0.1, 0.15) is 5.71 Å². The van der Waals surface area contributed by atoms with Gasteiger partial charge in [-0.2, -0.15) is 10.2 Å². The second-order valence-corrected chi connectivity index (χ2v) is 1.81. The molecule has 0 bridgehead atoms. The molecule has 3 heteroatoms. The third kappa shape index (κ3) is 0.358. The van der Waals surface area contributed by atoms with Gasteiger partial charge in [0.2, 0.25) is 0 Å². The minimum Gasteiger partial charge on any atom is -0.281 e. The number of aliphatic imine (C=N–C) groups is 1. The maximum absolute atomic E-state index is 4.13. The van der Waals surface area contributed by atoms with Crippen LogP contribution in [0.4, 0.5) is 0 Å². The molecule has 0 aromatic rings. The molecule has 0 unspecified atom stereocenters. The first kappa shape index (κ1) is 3.95. The van der Waals surface area contributed by atoms with Crippen LogP contribution in [-0.2, 0) is 0 Å². The molecule has 2 aliphatic rings. The van der Waals surface area contributed by atoms with E-state index in [0.29, 0.717) is 0 Å². The predicted octanol–water partition coefficient (Wildman–Crippen LogP) is 0.272. The highest BCUT2D eigenvalue weighted by molar-refractivity contribution is 6.65. The first-order valence-corrected chi connectivity index (χ1v) is 2.61. The van der Waals surface area contributed by atoms with Gasteiger partial charge in [0, 0.05) is 13.0 Å². The highest BCUT2D eigenvalue weighted by Gasteiger charge is 2.15. The summed E-state index contributed by atoms with van der Waals surface area (Å²) < 4.78 is 0. The lowest BCUT2D eigenvalue weighted by Gasteiger charge is -1.79. The maximum Gasteiger partial charge on any atom is 0.101 e. The van der Waals surface area contributed by atoms with E-state index in [1.54, 1.807) is 6.21 Å². The van der Waals surface area contributed by atoms with Crippen LogP contribution >= 0.6 is 0 Å². The van der Waals surface area contributed by atoms with Crippen LogP contribution < -0.4 is 0 Å². The zero-order chi connectivity index (χ0) is 5.40. The number of rotatable bonds is 0. The van der Waals surface area contributed by atoms with Crippen LogP contribution in [0.15, 0.2) is 15.2 Å². The minimum absolute atomic E-state index is 0.903. The molecule has 40 valence electrons. The molecule has 0 saturated heterocycles. The second kappa shape index (κ2) is 1.24. The van der Waals surface area contributed by atoms with Crippen molar-refractivity contribution in [2.75, 3.05) is 6.54 Å². The summed E-state index contributed by atoms with van der Waals surface area (Å²) in [6.07, 6.45) is 2.69. The van der Waals surface area contributed by atoms with Gasteiger partial charge < -0.3 is 0 Å². The fourth-order valence-electron chi connectivity index (χ4n) is 0.871. The van der Waals surface area contributed by atoms with Crippen molar-refractivity contribution < 1.29 is 0 Å². The number of hydrogen-bond donors (Lipinski definition) is 0. The molecule has 0 N–H and O–H groups in total. The van der Waals surface area contributed by atoms with Gasteiger partial charge in [0.05, 0.1) is 11.9 Å². The van der Waals surface area contributed by atoms with Crippen molar-refractivity contribution in [3.05, 3.63) is 0 Å². The molecule has 0 atom stereocenters. The third-order valence-corrected chi connectivity index (χ3v) is 1.28. The molecule has 0 spiro atoms. The van der Waals surface area contributed by atoms with E-state index in [1.807, 2.05) is 0 Å². The average Bonchev–Trinajstić information content (AvgIpc) is 2.15. The lowest BCUT2D eigenvalue weighted by molar-refractivity contribution is 1.08. The minimum atomic E-state index is 0.903. The smallest absolute Gasteiger partial charge is 0.101 e. The fraction of sp³-hybridized carbons (Fsp3) is 0.400. The van der Waals surface area contributed by atoms with Crippen molar-refractivity contribution in [3.8, 4) is 0 Å². The molecule has 0 saturated carbocycles. The largest absolute Gasteiger partial charge is 0.281 e. The summed E-state index contributed by atoms with van der Waals surface area (Å²) in [4.78, 5) is 4.13. The molecule has 0 radical (unpaired) electrons. The molecule has 2 aliphatic heterocycles. The van der Waals surface area contributed by atoms with E-state index in [1.165, 1.54) is 0 Å². The van der Waals surface area contributed by atoms with E-state index in [4.69, 9.17) is 0 Å². The lowest BCUT2D eigenvalue weighted by atomic mass is 10.2. The van der Waals surface area contributed by atoms with Crippen molar-refractivity contribution in [1.29, 1.82) is 0 Å². The SMILES string of the molecule is C1=NN=C2CCN=C12. The number of fused-ring (bicyclic) bond motifs is 1. The van der Waals surface area contributed by atoms with Crippen molar-refractivity contribution in [2.45, 2.75) is 6.42 Å². The number of hydrogen-bond acceptors (Lipinski definition) is 3. The van der Waals surface area contributed by atoms with Gasteiger partial charge in [0.25, 0.3) is 0 Å². The van der Waals surface area contributed by atoms with Crippen LogP contribution in [0.25, 0.3) is 0 Å². The van der Waals surface area contributed by atoms with Crippen molar-refractivity contribution in [3.63, 3.8) is 0 Å². The van der Waals surface area contributed by atoms with Crippen LogP contribution in [0.3, 0.4) is 0 Å².